The minimum atomic E-state index is -3.67. The number of hydrogen-bond acceptors (Lipinski definition) is 4. The highest BCUT2D eigenvalue weighted by Crippen LogP contribution is 2.28. The van der Waals surface area contributed by atoms with Gasteiger partial charge in [0.15, 0.2) is 0 Å². The maximum absolute atomic E-state index is 12.7. The summed E-state index contributed by atoms with van der Waals surface area (Å²) in [4.78, 5) is 0.130. The summed E-state index contributed by atoms with van der Waals surface area (Å²) < 4.78 is 26.6. The van der Waals surface area contributed by atoms with Gasteiger partial charge >= 0.3 is 0 Å². The van der Waals surface area contributed by atoms with Crippen molar-refractivity contribution in [2.45, 2.75) is 49.3 Å². The fourth-order valence-electron chi connectivity index (χ4n) is 2.71. The van der Waals surface area contributed by atoms with Crippen LogP contribution < -0.4 is 5.73 Å². The molecule has 1 aromatic rings. The number of nitrogens with two attached hydrogens (primary N) is 1. The average Bonchev–Trinajstić information content (AvgIpc) is 2.47. The van der Waals surface area contributed by atoms with Crippen LogP contribution in [0.5, 0.6) is 0 Å². The Kier molecular flexibility index (Phi) is 5.27. The van der Waals surface area contributed by atoms with Gasteiger partial charge in [-0.1, -0.05) is 30.5 Å². The Labute approximate surface area is 130 Å². The molecular formula is C14H21ClN2O3S. The van der Waals surface area contributed by atoms with Gasteiger partial charge in [0.1, 0.15) is 0 Å². The fourth-order valence-corrected chi connectivity index (χ4v) is 4.48. The van der Waals surface area contributed by atoms with E-state index in [9.17, 15) is 13.5 Å². The van der Waals surface area contributed by atoms with Gasteiger partial charge in [-0.15, -0.1) is 0 Å². The van der Waals surface area contributed by atoms with Crippen LogP contribution in [0.2, 0.25) is 5.02 Å². The number of likely N-dealkylation sites (N-methyl/N-ethyl adjacent to an activating group) is 1. The summed E-state index contributed by atoms with van der Waals surface area (Å²) >= 11 is 6.04. The Bertz CT molecular complexity index is 606. The molecule has 1 saturated carbocycles. The van der Waals surface area contributed by atoms with Crippen molar-refractivity contribution in [3.05, 3.63) is 28.8 Å². The zero-order valence-electron chi connectivity index (χ0n) is 12.0. The van der Waals surface area contributed by atoms with Crippen LogP contribution >= 0.6 is 11.6 Å². The lowest BCUT2D eigenvalue weighted by Gasteiger charge is -2.34. The Morgan fingerprint density at radius 1 is 1.38 bits per heavy atom. The van der Waals surface area contributed by atoms with Crippen LogP contribution in [0.3, 0.4) is 0 Å². The van der Waals surface area contributed by atoms with Gasteiger partial charge in [-0.3, -0.25) is 0 Å². The van der Waals surface area contributed by atoms with Crippen LogP contribution in [0.25, 0.3) is 0 Å². The molecule has 0 spiro atoms. The predicted molar refractivity (Wildman–Crippen MR) is 82.6 cm³/mol. The van der Waals surface area contributed by atoms with Crippen molar-refractivity contribution in [1.29, 1.82) is 0 Å². The maximum atomic E-state index is 12.7. The second-order valence-corrected chi connectivity index (χ2v) is 7.80. The van der Waals surface area contributed by atoms with Crippen molar-refractivity contribution < 1.29 is 13.5 Å². The van der Waals surface area contributed by atoms with Gasteiger partial charge in [-0.2, -0.15) is 4.31 Å². The highest BCUT2D eigenvalue weighted by Gasteiger charge is 2.34. The third-order valence-electron chi connectivity index (χ3n) is 4.08. The molecular weight excluding hydrogens is 312 g/mol. The molecule has 0 aromatic heterocycles. The topological polar surface area (TPSA) is 83.6 Å². The zero-order chi connectivity index (χ0) is 15.6. The van der Waals surface area contributed by atoms with Crippen LogP contribution in [0.4, 0.5) is 0 Å². The summed E-state index contributed by atoms with van der Waals surface area (Å²) in [6.07, 6.45) is 2.55. The highest BCUT2D eigenvalue weighted by atomic mass is 35.5. The Hall–Kier alpha value is -0.660. The summed E-state index contributed by atoms with van der Waals surface area (Å²) in [6.45, 7) is 0.260. The lowest BCUT2D eigenvalue weighted by molar-refractivity contribution is 0.0638. The minimum Gasteiger partial charge on any atom is -0.391 e. The summed E-state index contributed by atoms with van der Waals surface area (Å²) in [6, 6.07) is 4.18. The quantitative estimate of drug-likeness (QED) is 0.879. The molecule has 21 heavy (non-hydrogen) atoms. The number of benzene rings is 1. The van der Waals surface area contributed by atoms with Crippen molar-refractivity contribution in [3.8, 4) is 0 Å². The number of sulfonamides is 1. The van der Waals surface area contributed by atoms with E-state index in [0.717, 1.165) is 12.8 Å². The molecule has 1 aliphatic rings. The van der Waals surface area contributed by atoms with E-state index < -0.39 is 16.1 Å². The number of aliphatic hydroxyl groups excluding tert-OH is 1. The van der Waals surface area contributed by atoms with E-state index in [1.54, 1.807) is 6.07 Å². The van der Waals surface area contributed by atoms with Crippen molar-refractivity contribution in [2.24, 2.45) is 5.73 Å². The van der Waals surface area contributed by atoms with Gasteiger partial charge in [0.05, 0.1) is 17.0 Å². The van der Waals surface area contributed by atoms with Crippen molar-refractivity contribution in [3.63, 3.8) is 0 Å². The smallest absolute Gasteiger partial charge is 0.243 e. The number of hydrogen-bond donors (Lipinski definition) is 2. The molecule has 0 aliphatic heterocycles. The molecule has 0 radical (unpaired) electrons. The molecule has 2 rings (SSSR count). The first-order valence-electron chi connectivity index (χ1n) is 7.02. The predicted octanol–water partition coefficient (Wildman–Crippen LogP) is 1.72. The Morgan fingerprint density at radius 2 is 2.05 bits per heavy atom. The van der Waals surface area contributed by atoms with Crippen molar-refractivity contribution in [1.82, 2.24) is 4.31 Å². The second-order valence-electron chi connectivity index (χ2n) is 5.40. The Morgan fingerprint density at radius 3 is 2.62 bits per heavy atom. The normalized spacial score (nSPS) is 23.5. The monoisotopic (exact) mass is 332 g/mol. The molecule has 1 aliphatic carbocycles. The molecule has 0 bridgehead atoms. The SMILES string of the molecule is CN(C1CCCCC1O)S(=O)(=O)c1ccc(CN)c(Cl)c1. The first-order valence-corrected chi connectivity index (χ1v) is 8.84. The van der Waals surface area contributed by atoms with Gasteiger partial charge < -0.3 is 10.8 Å². The summed E-state index contributed by atoms with van der Waals surface area (Å²) in [5, 5.41) is 10.4. The fraction of sp³-hybridized carbons (Fsp3) is 0.571. The number of rotatable bonds is 4. The number of nitrogens with zero attached hydrogens (tertiary/aromatic N) is 1. The molecule has 2 atom stereocenters. The summed E-state index contributed by atoms with van der Waals surface area (Å²) in [5.41, 5.74) is 6.23. The molecule has 3 N–H and O–H groups in total. The molecule has 7 heteroatoms. The molecule has 1 fully saturated rings. The van der Waals surface area contributed by atoms with E-state index in [1.807, 2.05) is 0 Å². The minimum absolute atomic E-state index is 0.130. The Balaban J connectivity index is 2.30. The standard InChI is InChI=1S/C14H21ClN2O3S/c1-17(13-4-2-3-5-14(13)18)21(19,20)11-7-6-10(9-16)12(15)8-11/h6-8,13-14,18H,2-5,9,16H2,1H3. The average molecular weight is 333 g/mol. The third-order valence-corrected chi connectivity index (χ3v) is 6.31. The first kappa shape index (κ1) is 16.7. The van der Waals surface area contributed by atoms with E-state index in [1.165, 1.54) is 23.5 Å². The molecule has 5 nitrogen and oxygen atoms in total. The molecule has 118 valence electrons. The third kappa shape index (κ3) is 3.40. The van der Waals surface area contributed by atoms with Crippen LogP contribution in [0.15, 0.2) is 23.1 Å². The van der Waals surface area contributed by atoms with E-state index >= 15 is 0 Å². The molecule has 2 unspecified atom stereocenters. The molecule has 0 amide bonds. The summed E-state index contributed by atoms with van der Waals surface area (Å²) in [5.74, 6) is 0. The van der Waals surface area contributed by atoms with E-state index in [2.05, 4.69) is 0 Å². The van der Waals surface area contributed by atoms with Gasteiger partial charge in [0.25, 0.3) is 0 Å². The summed E-state index contributed by atoms with van der Waals surface area (Å²) in [7, 11) is -2.16. The van der Waals surface area contributed by atoms with E-state index in [0.29, 0.717) is 23.4 Å². The van der Waals surface area contributed by atoms with Gasteiger partial charge in [-0.05, 0) is 30.5 Å². The van der Waals surface area contributed by atoms with Gasteiger partial charge in [0.2, 0.25) is 10.0 Å². The largest absolute Gasteiger partial charge is 0.391 e. The molecule has 0 heterocycles. The van der Waals surface area contributed by atoms with Crippen molar-refractivity contribution >= 4 is 21.6 Å². The van der Waals surface area contributed by atoms with Gasteiger partial charge in [0, 0.05) is 18.6 Å². The zero-order valence-corrected chi connectivity index (χ0v) is 13.6. The lowest BCUT2D eigenvalue weighted by Crippen LogP contribution is -2.46. The van der Waals surface area contributed by atoms with Crippen molar-refractivity contribution in [2.75, 3.05) is 7.05 Å². The maximum Gasteiger partial charge on any atom is 0.243 e. The molecule has 0 saturated heterocycles. The number of aliphatic hydroxyl groups is 1. The van der Waals surface area contributed by atoms with Crippen LogP contribution in [-0.2, 0) is 16.6 Å². The van der Waals surface area contributed by atoms with E-state index in [-0.39, 0.29) is 17.5 Å². The van der Waals surface area contributed by atoms with Crippen LogP contribution in [-0.4, -0.2) is 37.0 Å². The first-order chi connectivity index (χ1) is 9.87. The van der Waals surface area contributed by atoms with Crippen LogP contribution in [0.1, 0.15) is 31.2 Å². The van der Waals surface area contributed by atoms with Gasteiger partial charge in [-0.25, -0.2) is 8.42 Å². The van der Waals surface area contributed by atoms with Crippen LogP contribution in [0, 0.1) is 0 Å². The number of halogens is 1. The molecule has 1 aromatic carbocycles. The second kappa shape index (κ2) is 6.62. The van der Waals surface area contributed by atoms with E-state index in [4.69, 9.17) is 17.3 Å². The lowest BCUT2D eigenvalue weighted by atomic mass is 9.93. The highest BCUT2D eigenvalue weighted by molar-refractivity contribution is 7.89.